The summed E-state index contributed by atoms with van der Waals surface area (Å²) in [5, 5.41) is 5.02. The quantitative estimate of drug-likeness (QED) is 0.636. The number of hydrogen-bond donors (Lipinski definition) is 2. The van der Waals surface area contributed by atoms with Gasteiger partial charge in [-0.25, -0.2) is 9.59 Å². The Balaban J connectivity index is 2.72. The number of carbonyl (C=O) groups is 2. The monoisotopic (exact) mass is 198 g/mol. The molecule has 1 aliphatic rings. The summed E-state index contributed by atoms with van der Waals surface area (Å²) >= 11 is 0. The molecule has 0 aromatic heterocycles. The molecule has 0 atom stereocenters. The Labute approximate surface area is 82.5 Å². The first-order valence-corrected chi connectivity index (χ1v) is 4.46. The maximum atomic E-state index is 11.5. The van der Waals surface area contributed by atoms with Gasteiger partial charge in [-0.15, -0.1) is 0 Å². The lowest BCUT2D eigenvalue weighted by Gasteiger charge is -2.19. The first kappa shape index (κ1) is 10.6. The fraction of sp³-hybridized carbons (Fsp3) is 0.556. The van der Waals surface area contributed by atoms with Gasteiger partial charge in [-0.2, -0.15) is 0 Å². The van der Waals surface area contributed by atoms with Gasteiger partial charge in [0, 0.05) is 5.70 Å². The molecule has 0 aromatic carbocycles. The van der Waals surface area contributed by atoms with Gasteiger partial charge in [0.2, 0.25) is 0 Å². The van der Waals surface area contributed by atoms with Gasteiger partial charge in [0.1, 0.15) is 0 Å². The molecule has 0 saturated heterocycles. The number of esters is 1. The molecule has 0 saturated carbocycles. The van der Waals surface area contributed by atoms with Gasteiger partial charge in [-0.1, -0.05) is 0 Å². The highest BCUT2D eigenvalue weighted by Crippen LogP contribution is 2.07. The van der Waals surface area contributed by atoms with E-state index in [9.17, 15) is 9.59 Å². The van der Waals surface area contributed by atoms with Crippen LogP contribution in [-0.4, -0.2) is 24.6 Å². The second kappa shape index (κ2) is 4.13. The predicted octanol–water partition coefficient (Wildman–Crippen LogP) is 0.525. The zero-order chi connectivity index (χ0) is 10.7. The molecule has 1 heterocycles. The van der Waals surface area contributed by atoms with Crippen LogP contribution in [0.4, 0.5) is 4.79 Å². The van der Waals surface area contributed by atoms with Crippen molar-refractivity contribution < 1.29 is 14.3 Å². The van der Waals surface area contributed by atoms with E-state index in [1.807, 2.05) is 0 Å². The topological polar surface area (TPSA) is 67.4 Å². The number of hydrogen-bond acceptors (Lipinski definition) is 3. The van der Waals surface area contributed by atoms with Crippen LogP contribution in [0.5, 0.6) is 0 Å². The van der Waals surface area contributed by atoms with E-state index in [0.29, 0.717) is 11.3 Å². The van der Waals surface area contributed by atoms with Crippen molar-refractivity contribution in [2.45, 2.75) is 26.9 Å². The van der Waals surface area contributed by atoms with E-state index in [2.05, 4.69) is 10.6 Å². The molecule has 0 fully saturated rings. The summed E-state index contributed by atoms with van der Waals surface area (Å²) in [5.41, 5.74) is 1.03. The highest BCUT2D eigenvalue weighted by Gasteiger charge is 2.21. The van der Waals surface area contributed by atoms with E-state index < -0.39 is 0 Å². The number of allylic oxidation sites excluding steroid dienone is 1. The van der Waals surface area contributed by atoms with Crippen molar-refractivity contribution >= 4 is 12.0 Å². The smallest absolute Gasteiger partial charge is 0.337 e. The number of ether oxygens (including phenoxy) is 1. The van der Waals surface area contributed by atoms with Gasteiger partial charge in [0.05, 0.1) is 18.2 Å². The second-order valence-electron chi connectivity index (χ2n) is 3.37. The third kappa shape index (κ3) is 2.48. The Kier molecular flexibility index (Phi) is 3.11. The molecule has 0 radical (unpaired) electrons. The minimum Gasteiger partial charge on any atom is -0.460 e. The Morgan fingerprint density at radius 1 is 1.50 bits per heavy atom. The van der Waals surface area contributed by atoms with E-state index in [1.54, 1.807) is 20.8 Å². The molecule has 0 spiro atoms. The first-order valence-electron chi connectivity index (χ1n) is 4.46. The van der Waals surface area contributed by atoms with Crippen LogP contribution in [-0.2, 0) is 9.53 Å². The van der Waals surface area contributed by atoms with Crippen molar-refractivity contribution in [3.63, 3.8) is 0 Å². The fourth-order valence-electron chi connectivity index (χ4n) is 1.10. The average molecular weight is 198 g/mol. The number of rotatable bonds is 2. The average Bonchev–Trinajstić information content (AvgIpc) is 2.01. The van der Waals surface area contributed by atoms with E-state index in [0.717, 1.165) is 0 Å². The third-order valence-electron chi connectivity index (χ3n) is 1.77. The van der Waals surface area contributed by atoms with Gasteiger partial charge >= 0.3 is 12.0 Å². The fourth-order valence-corrected chi connectivity index (χ4v) is 1.10. The molecule has 5 heteroatoms. The Hall–Kier alpha value is -1.52. The van der Waals surface area contributed by atoms with Crippen LogP contribution in [0, 0.1) is 0 Å². The van der Waals surface area contributed by atoms with Crippen molar-refractivity contribution in [2.75, 3.05) is 6.54 Å². The SMILES string of the molecule is CC1=C(C(=O)OC(C)C)CNC(=O)N1. The molecule has 2 amide bonds. The summed E-state index contributed by atoms with van der Waals surface area (Å²) in [6.07, 6.45) is -0.152. The molecule has 78 valence electrons. The molecule has 14 heavy (non-hydrogen) atoms. The molecule has 2 N–H and O–H groups in total. The zero-order valence-electron chi connectivity index (χ0n) is 8.51. The summed E-state index contributed by atoms with van der Waals surface area (Å²) < 4.78 is 5.01. The van der Waals surface area contributed by atoms with E-state index in [4.69, 9.17) is 4.74 Å². The van der Waals surface area contributed by atoms with Crippen LogP contribution in [0.15, 0.2) is 11.3 Å². The summed E-state index contributed by atoms with van der Waals surface area (Å²) in [7, 11) is 0. The van der Waals surface area contributed by atoms with Gasteiger partial charge < -0.3 is 15.4 Å². The molecule has 0 unspecified atom stereocenters. The van der Waals surface area contributed by atoms with Crippen LogP contribution >= 0.6 is 0 Å². The Morgan fingerprint density at radius 3 is 2.64 bits per heavy atom. The third-order valence-corrected chi connectivity index (χ3v) is 1.77. The number of carbonyl (C=O) groups excluding carboxylic acids is 2. The van der Waals surface area contributed by atoms with E-state index >= 15 is 0 Å². The lowest BCUT2D eigenvalue weighted by atomic mass is 10.2. The maximum absolute atomic E-state index is 11.5. The van der Waals surface area contributed by atoms with Crippen molar-refractivity contribution in [3.05, 3.63) is 11.3 Å². The van der Waals surface area contributed by atoms with Gasteiger partial charge in [0.25, 0.3) is 0 Å². The summed E-state index contributed by atoms with van der Waals surface area (Å²) in [5.74, 6) is -0.384. The molecular weight excluding hydrogens is 184 g/mol. The molecule has 0 aromatic rings. The summed E-state index contributed by atoms with van der Waals surface area (Å²) in [4.78, 5) is 22.3. The van der Waals surface area contributed by atoms with E-state index in [-0.39, 0.29) is 24.6 Å². The van der Waals surface area contributed by atoms with Crippen LogP contribution < -0.4 is 10.6 Å². The number of amides is 2. The normalized spacial score (nSPS) is 16.4. The Morgan fingerprint density at radius 2 is 2.14 bits per heavy atom. The molecule has 0 bridgehead atoms. The second-order valence-corrected chi connectivity index (χ2v) is 3.37. The first-order chi connectivity index (χ1) is 6.50. The van der Waals surface area contributed by atoms with Crippen molar-refractivity contribution in [2.24, 2.45) is 0 Å². The number of nitrogens with one attached hydrogen (secondary N) is 2. The molecule has 1 rings (SSSR count). The predicted molar refractivity (Wildman–Crippen MR) is 50.5 cm³/mol. The largest absolute Gasteiger partial charge is 0.460 e. The minimum atomic E-state index is -0.384. The molecule has 5 nitrogen and oxygen atoms in total. The van der Waals surface area contributed by atoms with Crippen LogP contribution in [0.25, 0.3) is 0 Å². The van der Waals surface area contributed by atoms with Crippen LogP contribution in [0.1, 0.15) is 20.8 Å². The van der Waals surface area contributed by atoms with Gasteiger partial charge in [0.15, 0.2) is 0 Å². The van der Waals surface area contributed by atoms with Crippen molar-refractivity contribution in [3.8, 4) is 0 Å². The van der Waals surface area contributed by atoms with Crippen molar-refractivity contribution in [1.29, 1.82) is 0 Å². The lowest BCUT2D eigenvalue weighted by Crippen LogP contribution is -2.43. The zero-order valence-corrected chi connectivity index (χ0v) is 8.51. The van der Waals surface area contributed by atoms with Crippen LogP contribution in [0.3, 0.4) is 0 Å². The van der Waals surface area contributed by atoms with Crippen LogP contribution in [0.2, 0.25) is 0 Å². The standard InChI is InChI=1S/C9H14N2O3/c1-5(2)14-8(12)7-4-10-9(13)11-6(7)3/h5H,4H2,1-3H3,(H2,10,11,13). The van der Waals surface area contributed by atoms with Gasteiger partial charge in [-0.05, 0) is 20.8 Å². The molecule has 1 aliphatic heterocycles. The van der Waals surface area contributed by atoms with Crippen molar-refractivity contribution in [1.82, 2.24) is 10.6 Å². The maximum Gasteiger partial charge on any atom is 0.337 e. The highest BCUT2D eigenvalue weighted by molar-refractivity contribution is 5.93. The summed E-state index contributed by atoms with van der Waals surface area (Å²) in [6.45, 7) is 5.46. The van der Waals surface area contributed by atoms with Gasteiger partial charge in [-0.3, -0.25) is 0 Å². The number of urea groups is 1. The highest BCUT2D eigenvalue weighted by atomic mass is 16.5. The Bertz CT molecular complexity index is 294. The lowest BCUT2D eigenvalue weighted by molar-refractivity contribution is -0.142. The molecular formula is C9H14N2O3. The molecule has 0 aliphatic carbocycles. The summed E-state index contributed by atoms with van der Waals surface area (Å²) in [6, 6.07) is -0.288. The minimum absolute atomic E-state index is 0.152. The van der Waals surface area contributed by atoms with E-state index in [1.165, 1.54) is 0 Å².